The molecule has 0 unspecified atom stereocenters. The summed E-state index contributed by atoms with van der Waals surface area (Å²) in [6.07, 6.45) is 1.01. The third-order valence-electron chi connectivity index (χ3n) is 6.90. The van der Waals surface area contributed by atoms with Crippen LogP contribution in [0.5, 0.6) is 0 Å². The molecule has 186 valence electrons. The van der Waals surface area contributed by atoms with E-state index in [0.29, 0.717) is 0 Å². The van der Waals surface area contributed by atoms with Gasteiger partial charge in [0, 0.05) is 19.4 Å². The average Bonchev–Trinajstić information content (AvgIpc) is 3.22. The molecule has 0 saturated carbocycles. The molecule has 4 aromatic carbocycles. The number of fused-ring (bicyclic) bond motifs is 7. The highest BCUT2D eigenvalue weighted by Gasteiger charge is 2.37. The number of carbonyl (C=O) groups is 2. The molecule has 1 heterocycles. The van der Waals surface area contributed by atoms with E-state index in [4.69, 9.17) is 18.9 Å². The van der Waals surface area contributed by atoms with Gasteiger partial charge in [0.1, 0.15) is 24.9 Å². The Labute approximate surface area is 214 Å². The van der Waals surface area contributed by atoms with Crippen LogP contribution in [0, 0.1) is 0 Å². The van der Waals surface area contributed by atoms with Crippen molar-refractivity contribution in [3.8, 4) is 11.1 Å². The van der Waals surface area contributed by atoms with Gasteiger partial charge in [-0.05, 0) is 50.4 Å². The lowest BCUT2D eigenvalue weighted by molar-refractivity contribution is -0.205. The molecule has 2 aliphatic rings. The van der Waals surface area contributed by atoms with E-state index in [2.05, 4.69) is 54.6 Å². The van der Waals surface area contributed by atoms with Gasteiger partial charge in [-0.15, -0.1) is 0 Å². The van der Waals surface area contributed by atoms with Crippen LogP contribution in [0.25, 0.3) is 32.7 Å². The number of hydrogen-bond acceptors (Lipinski definition) is 6. The van der Waals surface area contributed by atoms with Crippen molar-refractivity contribution in [1.29, 1.82) is 0 Å². The van der Waals surface area contributed by atoms with Gasteiger partial charge in [-0.25, -0.2) is 0 Å². The van der Waals surface area contributed by atoms with Crippen LogP contribution in [0.1, 0.15) is 31.1 Å². The molecule has 37 heavy (non-hydrogen) atoms. The number of rotatable bonds is 5. The highest BCUT2D eigenvalue weighted by atomic mass is 16.7. The van der Waals surface area contributed by atoms with Gasteiger partial charge in [0.2, 0.25) is 0 Å². The molecule has 6 nitrogen and oxygen atoms in total. The molecule has 0 amide bonds. The first-order chi connectivity index (χ1) is 18.0. The number of hydrogen-bond donors (Lipinski definition) is 0. The van der Waals surface area contributed by atoms with Crippen molar-refractivity contribution in [2.75, 3.05) is 6.61 Å². The Bertz CT molecular complexity index is 1550. The van der Waals surface area contributed by atoms with Gasteiger partial charge in [-0.3, -0.25) is 9.59 Å². The molecular weight excluding hydrogens is 468 g/mol. The average molecular weight is 495 g/mol. The van der Waals surface area contributed by atoms with Gasteiger partial charge in [-0.2, -0.15) is 0 Å². The Morgan fingerprint density at radius 2 is 1.51 bits per heavy atom. The van der Waals surface area contributed by atoms with Crippen LogP contribution in [0.3, 0.4) is 0 Å². The second-order valence-corrected chi connectivity index (χ2v) is 9.32. The molecule has 1 aliphatic heterocycles. The highest BCUT2D eigenvalue weighted by molar-refractivity contribution is 6.05. The molecule has 0 N–H and O–H groups in total. The summed E-state index contributed by atoms with van der Waals surface area (Å²) in [6, 6.07) is 25.2. The Morgan fingerprint density at radius 1 is 0.811 bits per heavy atom. The topological polar surface area (TPSA) is 71.1 Å². The van der Waals surface area contributed by atoms with Gasteiger partial charge in [0.25, 0.3) is 0 Å². The Morgan fingerprint density at radius 3 is 2.27 bits per heavy atom. The van der Waals surface area contributed by atoms with Crippen LogP contribution in [-0.2, 0) is 28.5 Å². The largest absolute Gasteiger partial charge is 0.463 e. The zero-order valence-corrected chi connectivity index (χ0v) is 20.5. The number of ether oxygens (including phenoxy) is 4. The second-order valence-electron chi connectivity index (χ2n) is 9.32. The van der Waals surface area contributed by atoms with Crippen LogP contribution < -0.4 is 0 Å². The Balaban J connectivity index is 1.42. The molecule has 6 heteroatoms. The second kappa shape index (κ2) is 9.47. The van der Waals surface area contributed by atoms with E-state index in [0.717, 1.165) is 33.0 Å². The van der Waals surface area contributed by atoms with E-state index >= 15 is 0 Å². The predicted octanol–water partition coefficient (Wildman–Crippen LogP) is 5.86. The SMILES string of the molecule is CC(=O)OC[C@H]1O[C@H](O[C@@H]2c3ccc4ccccc4c3-c3ccc4ccccc4c32)C=C[C@@H]1OC(C)=O. The molecule has 0 fully saturated rings. The molecule has 1 aliphatic carbocycles. The molecule has 4 aromatic rings. The minimum absolute atomic E-state index is 0.0527. The van der Waals surface area contributed by atoms with E-state index in [1.165, 1.54) is 24.6 Å². The summed E-state index contributed by atoms with van der Waals surface area (Å²) >= 11 is 0. The standard InChI is InChI=1S/C31H26O6/c1-18(32)34-17-27-26(35-19(2)33)15-16-28(36-27)37-31-25-14-12-20-7-3-5-9-22(20)29(25)24-13-11-21-8-4-6-10-23(21)30(24)31/h3-16,26-28,31H,17H2,1-2H3/t26-,27+,28+,31+/m0/s1. The quantitative estimate of drug-likeness (QED) is 0.256. The molecule has 0 radical (unpaired) electrons. The summed E-state index contributed by atoms with van der Waals surface area (Å²) in [5.74, 6) is -0.878. The van der Waals surface area contributed by atoms with Crippen LogP contribution in [0.15, 0.2) is 84.9 Å². The molecule has 0 saturated heterocycles. The Hall–Kier alpha value is -4.00. The fraction of sp³-hybridized carbons (Fsp3) is 0.226. The first-order valence-electron chi connectivity index (χ1n) is 12.3. The highest BCUT2D eigenvalue weighted by Crippen LogP contribution is 2.51. The lowest BCUT2D eigenvalue weighted by Gasteiger charge is -2.33. The summed E-state index contributed by atoms with van der Waals surface area (Å²) in [5, 5.41) is 4.60. The van der Waals surface area contributed by atoms with Gasteiger partial charge in [-0.1, -0.05) is 72.8 Å². The number of benzene rings is 4. The maximum atomic E-state index is 11.6. The van der Waals surface area contributed by atoms with Gasteiger partial charge in [0.15, 0.2) is 6.29 Å². The maximum absolute atomic E-state index is 11.6. The molecule has 0 bridgehead atoms. The van der Waals surface area contributed by atoms with Crippen molar-refractivity contribution in [3.63, 3.8) is 0 Å². The monoisotopic (exact) mass is 494 g/mol. The zero-order valence-electron chi connectivity index (χ0n) is 20.5. The molecule has 0 aromatic heterocycles. The first-order valence-corrected chi connectivity index (χ1v) is 12.3. The van der Waals surface area contributed by atoms with E-state index < -0.39 is 30.4 Å². The molecule has 4 atom stereocenters. The van der Waals surface area contributed by atoms with Crippen LogP contribution >= 0.6 is 0 Å². The minimum Gasteiger partial charge on any atom is -0.463 e. The van der Waals surface area contributed by atoms with E-state index in [-0.39, 0.29) is 12.7 Å². The molecular formula is C31H26O6. The molecule has 0 spiro atoms. The minimum atomic E-state index is -0.735. The third kappa shape index (κ3) is 4.28. The summed E-state index contributed by atoms with van der Waals surface area (Å²) in [6.45, 7) is 2.61. The summed E-state index contributed by atoms with van der Waals surface area (Å²) < 4.78 is 23.4. The summed E-state index contributed by atoms with van der Waals surface area (Å²) in [4.78, 5) is 23.1. The van der Waals surface area contributed by atoms with Gasteiger partial charge in [0.05, 0.1) is 0 Å². The summed E-state index contributed by atoms with van der Waals surface area (Å²) in [5.41, 5.74) is 4.48. The van der Waals surface area contributed by atoms with Crippen molar-refractivity contribution in [3.05, 3.63) is 96.1 Å². The predicted molar refractivity (Wildman–Crippen MR) is 140 cm³/mol. The fourth-order valence-corrected chi connectivity index (χ4v) is 5.37. The lowest BCUT2D eigenvalue weighted by Crippen LogP contribution is -2.42. The van der Waals surface area contributed by atoms with E-state index in [1.807, 2.05) is 18.2 Å². The number of carbonyl (C=O) groups excluding carboxylic acids is 2. The lowest BCUT2D eigenvalue weighted by atomic mass is 9.96. The van der Waals surface area contributed by atoms with Crippen molar-refractivity contribution in [2.24, 2.45) is 0 Å². The van der Waals surface area contributed by atoms with Gasteiger partial charge >= 0.3 is 11.9 Å². The van der Waals surface area contributed by atoms with E-state index in [1.54, 1.807) is 12.2 Å². The van der Waals surface area contributed by atoms with Gasteiger partial charge < -0.3 is 18.9 Å². The zero-order chi connectivity index (χ0) is 25.5. The maximum Gasteiger partial charge on any atom is 0.303 e. The van der Waals surface area contributed by atoms with Crippen molar-refractivity contribution < 1.29 is 28.5 Å². The fourth-order valence-electron chi connectivity index (χ4n) is 5.37. The summed E-state index contributed by atoms with van der Waals surface area (Å²) in [7, 11) is 0. The Kier molecular flexibility index (Phi) is 5.99. The van der Waals surface area contributed by atoms with E-state index in [9.17, 15) is 9.59 Å². The van der Waals surface area contributed by atoms with Crippen LogP contribution in [-0.4, -0.2) is 37.0 Å². The third-order valence-corrected chi connectivity index (χ3v) is 6.90. The van der Waals surface area contributed by atoms with Crippen LogP contribution in [0.4, 0.5) is 0 Å². The number of esters is 2. The van der Waals surface area contributed by atoms with Crippen molar-refractivity contribution >= 4 is 33.5 Å². The first kappa shape index (κ1) is 23.4. The molecule has 6 rings (SSSR count). The normalized spacial score (nSPS) is 22.0. The smallest absolute Gasteiger partial charge is 0.303 e. The van der Waals surface area contributed by atoms with Crippen molar-refractivity contribution in [2.45, 2.75) is 38.4 Å². The van der Waals surface area contributed by atoms with Crippen LogP contribution in [0.2, 0.25) is 0 Å². The van der Waals surface area contributed by atoms with Crippen molar-refractivity contribution in [1.82, 2.24) is 0 Å².